The first-order chi connectivity index (χ1) is 9.52. The summed E-state index contributed by atoms with van der Waals surface area (Å²) in [5, 5.41) is 9.53. The molecule has 0 fully saturated rings. The summed E-state index contributed by atoms with van der Waals surface area (Å²) in [5.41, 5.74) is 0.470. The quantitative estimate of drug-likeness (QED) is 0.841. The van der Waals surface area contributed by atoms with Crippen molar-refractivity contribution >= 4 is 17.6 Å². The van der Waals surface area contributed by atoms with Crippen molar-refractivity contribution in [1.82, 2.24) is 0 Å². The summed E-state index contributed by atoms with van der Waals surface area (Å²) in [6, 6.07) is 4.53. The molecule has 1 amide bonds. The summed E-state index contributed by atoms with van der Waals surface area (Å²) in [6.07, 6.45) is 0. The van der Waals surface area contributed by atoms with Gasteiger partial charge in [-0.25, -0.2) is 0 Å². The number of nitrogens with zero attached hydrogens (tertiary/aromatic N) is 1. The second-order valence-corrected chi connectivity index (χ2v) is 4.60. The summed E-state index contributed by atoms with van der Waals surface area (Å²) in [5.74, 6) is -0.505. The van der Waals surface area contributed by atoms with Gasteiger partial charge in [0, 0.05) is 12.6 Å². The SMILES string of the molecule is CCOC(=O)C(C)CN1C(=O)COc2ccc(O)cc21. The van der Waals surface area contributed by atoms with Gasteiger partial charge >= 0.3 is 5.97 Å². The molecule has 0 saturated heterocycles. The Morgan fingerprint density at radius 1 is 1.55 bits per heavy atom. The number of rotatable bonds is 4. The molecule has 108 valence electrons. The number of anilines is 1. The topological polar surface area (TPSA) is 76.1 Å². The van der Waals surface area contributed by atoms with Gasteiger partial charge in [-0.2, -0.15) is 0 Å². The zero-order valence-electron chi connectivity index (χ0n) is 11.5. The molecule has 2 rings (SSSR count). The molecule has 1 aromatic rings. The normalized spacial score (nSPS) is 15.3. The lowest BCUT2D eigenvalue weighted by Gasteiger charge is -2.30. The van der Waals surface area contributed by atoms with Gasteiger partial charge in [0.05, 0.1) is 18.2 Å². The highest BCUT2D eigenvalue weighted by atomic mass is 16.5. The minimum absolute atomic E-state index is 0.0378. The minimum Gasteiger partial charge on any atom is -0.508 e. The number of aromatic hydroxyl groups is 1. The molecule has 0 aliphatic carbocycles. The van der Waals surface area contributed by atoms with Gasteiger partial charge in [0.1, 0.15) is 11.5 Å². The predicted molar refractivity (Wildman–Crippen MR) is 71.8 cm³/mol. The van der Waals surface area contributed by atoms with Gasteiger partial charge in [-0.15, -0.1) is 0 Å². The van der Waals surface area contributed by atoms with Crippen LogP contribution in [0.5, 0.6) is 11.5 Å². The van der Waals surface area contributed by atoms with Crippen LogP contribution in [0.25, 0.3) is 0 Å². The molecule has 20 heavy (non-hydrogen) atoms. The molecule has 1 aliphatic rings. The second-order valence-electron chi connectivity index (χ2n) is 4.60. The van der Waals surface area contributed by atoms with E-state index < -0.39 is 5.92 Å². The van der Waals surface area contributed by atoms with Crippen LogP contribution < -0.4 is 9.64 Å². The van der Waals surface area contributed by atoms with Crippen LogP contribution in [0.4, 0.5) is 5.69 Å². The highest BCUT2D eigenvalue weighted by molar-refractivity contribution is 5.98. The molecule has 0 spiro atoms. The van der Waals surface area contributed by atoms with Crippen LogP contribution in [0, 0.1) is 5.92 Å². The average Bonchev–Trinajstić information content (AvgIpc) is 2.42. The Bertz CT molecular complexity index is 528. The lowest BCUT2D eigenvalue weighted by Crippen LogP contribution is -2.42. The fourth-order valence-corrected chi connectivity index (χ4v) is 2.02. The van der Waals surface area contributed by atoms with Crippen molar-refractivity contribution < 1.29 is 24.2 Å². The number of esters is 1. The summed E-state index contributed by atoms with van der Waals surface area (Å²) in [6.45, 7) is 3.85. The number of fused-ring (bicyclic) bond motifs is 1. The molecule has 1 aromatic carbocycles. The van der Waals surface area contributed by atoms with Crippen LogP contribution in [-0.2, 0) is 14.3 Å². The molecule has 1 heterocycles. The maximum absolute atomic E-state index is 12.0. The van der Waals surface area contributed by atoms with E-state index in [0.717, 1.165) is 0 Å². The number of carbonyl (C=O) groups excluding carboxylic acids is 2. The third-order valence-electron chi connectivity index (χ3n) is 3.03. The molecule has 1 unspecified atom stereocenters. The van der Waals surface area contributed by atoms with Crippen molar-refractivity contribution in [1.29, 1.82) is 0 Å². The predicted octanol–water partition coefficient (Wildman–Crippen LogP) is 1.32. The first-order valence-electron chi connectivity index (χ1n) is 6.45. The summed E-state index contributed by atoms with van der Waals surface area (Å²) in [7, 11) is 0. The zero-order chi connectivity index (χ0) is 14.7. The van der Waals surface area contributed by atoms with E-state index in [4.69, 9.17) is 9.47 Å². The number of hydrogen-bond acceptors (Lipinski definition) is 5. The van der Waals surface area contributed by atoms with Gasteiger partial charge in [0.15, 0.2) is 6.61 Å². The summed E-state index contributed by atoms with van der Waals surface area (Å²) in [4.78, 5) is 25.1. The van der Waals surface area contributed by atoms with Gasteiger partial charge in [0.2, 0.25) is 0 Å². The van der Waals surface area contributed by atoms with E-state index >= 15 is 0 Å². The van der Waals surface area contributed by atoms with Crippen molar-refractivity contribution in [3.05, 3.63) is 18.2 Å². The Morgan fingerprint density at radius 2 is 2.30 bits per heavy atom. The third kappa shape index (κ3) is 2.84. The van der Waals surface area contributed by atoms with Crippen molar-refractivity contribution in [3.8, 4) is 11.5 Å². The van der Waals surface area contributed by atoms with Crippen molar-refractivity contribution in [2.75, 3.05) is 24.7 Å². The number of amides is 1. The van der Waals surface area contributed by atoms with Crippen LogP contribution >= 0.6 is 0 Å². The number of hydrogen-bond donors (Lipinski definition) is 1. The molecule has 0 radical (unpaired) electrons. The molecular formula is C14H17NO5. The lowest BCUT2D eigenvalue weighted by molar-refractivity contribution is -0.147. The van der Waals surface area contributed by atoms with Crippen LogP contribution in [0.2, 0.25) is 0 Å². The fraction of sp³-hybridized carbons (Fsp3) is 0.429. The van der Waals surface area contributed by atoms with Gasteiger partial charge in [0.25, 0.3) is 5.91 Å². The molecule has 1 N–H and O–H groups in total. The molecule has 6 heteroatoms. The Labute approximate surface area is 116 Å². The number of phenols is 1. The van der Waals surface area contributed by atoms with E-state index in [2.05, 4.69) is 0 Å². The van der Waals surface area contributed by atoms with E-state index in [1.54, 1.807) is 19.9 Å². The zero-order valence-corrected chi connectivity index (χ0v) is 11.5. The Kier molecular flexibility index (Phi) is 4.12. The minimum atomic E-state index is -0.452. The molecule has 0 saturated carbocycles. The first-order valence-corrected chi connectivity index (χ1v) is 6.45. The highest BCUT2D eigenvalue weighted by Crippen LogP contribution is 2.35. The largest absolute Gasteiger partial charge is 0.508 e. The Morgan fingerprint density at radius 3 is 3.00 bits per heavy atom. The summed E-state index contributed by atoms with van der Waals surface area (Å²) >= 11 is 0. The highest BCUT2D eigenvalue weighted by Gasteiger charge is 2.29. The smallest absolute Gasteiger partial charge is 0.310 e. The molecular weight excluding hydrogens is 262 g/mol. The maximum atomic E-state index is 12.0. The van der Waals surface area contributed by atoms with E-state index in [0.29, 0.717) is 18.0 Å². The standard InChI is InChI=1S/C14H17NO5/c1-3-19-14(18)9(2)7-15-11-6-10(16)4-5-12(11)20-8-13(15)17/h4-6,9,16H,3,7-8H2,1-2H3. The van der Waals surface area contributed by atoms with Crippen LogP contribution in [0.3, 0.4) is 0 Å². The van der Waals surface area contributed by atoms with E-state index in [1.807, 2.05) is 0 Å². The van der Waals surface area contributed by atoms with E-state index in [9.17, 15) is 14.7 Å². The van der Waals surface area contributed by atoms with Crippen molar-refractivity contribution in [2.45, 2.75) is 13.8 Å². The van der Waals surface area contributed by atoms with Crippen LogP contribution in [0.15, 0.2) is 18.2 Å². The number of ether oxygens (including phenoxy) is 2. The van der Waals surface area contributed by atoms with E-state index in [-0.39, 0.29) is 30.8 Å². The Balaban J connectivity index is 2.21. The van der Waals surface area contributed by atoms with Gasteiger partial charge in [-0.05, 0) is 19.1 Å². The molecule has 0 bridgehead atoms. The van der Waals surface area contributed by atoms with Gasteiger partial charge < -0.3 is 19.5 Å². The van der Waals surface area contributed by atoms with Crippen molar-refractivity contribution in [2.24, 2.45) is 5.92 Å². The summed E-state index contributed by atoms with van der Waals surface area (Å²) < 4.78 is 10.2. The van der Waals surface area contributed by atoms with Gasteiger partial charge in [-0.1, -0.05) is 6.92 Å². The maximum Gasteiger partial charge on any atom is 0.310 e. The van der Waals surface area contributed by atoms with E-state index in [1.165, 1.54) is 17.0 Å². The second kappa shape index (κ2) is 5.81. The van der Waals surface area contributed by atoms with Crippen LogP contribution in [0.1, 0.15) is 13.8 Å². The third-order valence-corrected chi connectivity index (χ3v) is 3.03. The number of carbonyl (C=O) groups is 2. The number of benzene rings is 1. The Hall–Kier alpha value is -2.24. The monoisotopic (exact) mass is 279 g/mol. The fourth-order valence-electron chi connectivity index (χ4n) is 2.02. The lowest BCUT2D eigenvalue weighted by atomic mass is 10.1. The first kappa shape index (κ1) is 14.2. The van der Waals surface area contributed by atoms with Crippen molar-refractivity contribution in [3.63, 3.8) is 0 Å². The average molecular weight is 279 g/mol. The molecule has 1 atom stereocenters. The molecule has 1 aliphatic heterocycles. The molecule has 6 nitrogen and oxygen atoms in total. The van der Waals surface area contributed by atoms with Gasteiger partial charge in [-0.3, -0.25) is 9.59 Å². The molecule has 0 aromatic heterocycles. The number of phenolic OH excluding ortho intramolecular Hbond substituents is 1. The van der Waals surface area contributed by atoms with Crippen LogP contribution in [-0.4, -0.2) is 36.7 Å².